The van der Waals surface area contributed by atoms with Gasteiger partial charge in [-0.05, 0) is 48.6 Å². The van der Waals surface area contributed by atoms with Crippen molar-refractivity contribution in [2.75, 3.05) is 6.54 Å². The Balaban J connectivity index is 1.41. The van der Waals surface area contributed by atoms with Crippen LogP contribution >= 0.6 is 0 Å². The number of benzene rings is 2. The van der Waals surface area contributed by atoms with Gasteiger partial charge in [0.25, 0.3) is 0 Å². The maximum Gasteiger partial charge on any atom is 0.315 e. The van der Waals surface area contributed by atoms with Crippen LogP contribution in [-0.2, 0) is 4.79 Å². The molecule has 5 nitrogen and oxygen atoms in total. The molecule has 0 aromatic heterocycles. The fraction of sp³-hybridized carbons (Fsp3) is 0.400. The van der Waals surface area contributed by atoms with Gasteiger partial charge in [-0.2, -0.15) is 0 Å². The Bertz CT molecular complexity index is 755. The molecule has 1 fully saturated rings. The Kier molecular flexibility index (Phi) is 5.53. The number of carbonyl (C=O) groups excluding carboxylic acids is 2. The maximum absolute atomic E-state index is 12.0. The monoisotopic (exact) mass is 339 g/mol. The highest BCUT2D eigenvalue weighted by Gasteiger charge is 2.22. The van der Waals surface area contributed by atoms with Gasteiger partial charge < -0.3 is 16.0 Å². The second-order valence-electron chi connectivity index (χ2n) is 6.67. The van der Waals surface area contributed by atoms with Crippen molar-refractivity contribution in [1.82, 2.24) is 16.0 Å². The number of rotatable bonds is 7. The average Bonchev–Trinajstić information content (AvgIpc) is 3.42. The van der Waals surface area contributed by atoms with E-state index in [-0.39, 0.29) is 18.0 Å². The van der Waals surface area contributed by atoms with Crippen LogP contribution in [0.25, 0.3) is 10.8 Å². The molecule has 1 aliphatic rings. The quantitative estimate of drug-likeness (QED) is 0.678. The molecule has 0 saturated heterocycles. The number of amides is 3. The van der Waals surface area contributed by atoms with Gasteiger partial charge in [-0.25, -0.2) is 4.79 Å². The Hall–Kier alpha value is -2.56. The van der Waals surface area contributed by atoms with E-state index in [4.69, 9.17) is 0 Å². The van der Waals surface area contributed by atoms with Crippen LogP contribution in [0, 0.1) is 0 Å². The summed E-state index contributed by atoms with van der Waals surface area (Å²) in [7, 11) is 0. The summed E-state index contributed by atoms with van der Waals surface area (Å²) in [5.41, 5.74) is 1.07. The van der Waals surface area contributed by atoms with Gasteiger partial charge in [0, 0.05) is 19.0 Å². The van der Waals surface area contributed by atoms with Gasteiger partial charge in [-0.1, -0.05) is 36.4 Å². The predicted octanol–water partition coefficient (Wildman–Crippen LogP) is 3.26. The van der Waals surface area contributed by atoms with Crippen molar-refractivity contribution >= 4 is 22.7 Å². The number of carbonyl (C=O) groups is 2. The maximum atomic E-state index is 12.0. The summed E-state index contributed by atoms with van der Waals surface area (Å²) in [5.74, 6) is 0.0780. The Morgan fingerprint density at radius 1 is 1.12 bits per heavy atom. The minimum atomic E-state index is -0.205. The largest absolute Gasteiger partial charge is 0.353 e. The topological polar surface area (TPSA) is 70.2 Å². The standard InChI is InChI=1S/C20H25N3O2/c1-14(16-9-8-15-5-2-3-6-17(15)13-16)22-20(25)21-12-4-7-19(24)23-18-10-11-18/h2-3,5-6,8-9,13-14,18H,4,7,10-12H2,1H3,(H,23,24)(H2,21,22,25). The van der Waals surface area contributed by atoms with Crippen LogP contribution in [0.3, 0.4) is 0 Å². The third-order valence-corrected chi connectivity index (χ3v) is 4.43. The van der Waals surface area contributed by atoms with Gasteiger partial charge in [0.2, 0.25) is 5.91 Å². The van der Waals surface area contributed by atoms with Crippen LogP contribution < -0.4 is 16.0 Å². The summed E-state index contributed by atoms with van der Waals surface area (Å²) >= 11 is 0. The first-order valence-corrected chi connectivity index (χ1v) is 8.94. The summed E-state index contributed by atoms with van der Waals surface area (Å²) in [5, 5.41) is 11.0. The van der Waals surface area contributed by atoms with Gasteiger partial charge >= 0.3 is 6.03 Å². The molecule has 2 aromatic rings. The summed E-state index contributed by atoms with van der Waals surface area (Å²) < 4.78 is 0. The van der Waals surface area contributed by atoms with Crippen molar-refractivity contribution < 1.29 is 9.59 Å². The van der Waals surface area contributed by atoms with E-state index in [2.05, 4.69) is 40.2 Å². The van der Waals surface area contributed by atoms with E-state index in [9.17, 15) is 9.59 Å². The first-order valence-electron chi connectivity index (χ1n) is 8.94. The lowest BCUT2D eigenvalue weighted by Gasteiger charge is -2.16. The van der Waals surface area contributed by atoms with Gasteiger partial charge in [-0.3, -0.25) is 4.79 Å². The molecule has 3 N–H and O–H groups in total. The summed E-state index contributed by atoms with van der Waals surface area (Å²) in [6.07, 6.45) is 3.30. The molecule has 1 atom stereocenters. The van der Waals surface area contributed by atoms with E-state index < -0.39 is 0 Å². The molecule has 0 aliphatic heterocycles. The molecule has 1 unspecified atom stereocenters. The van der Waals surface area contributed by atoms with Crippen LogP contribution in [0.15, 0.2) is 42.5 Å². The van der Waals surface area contributed by atoms with Crippen molar-refractivity contribution in [3.8, 4) is 0 Å². The molecular weight excluding hydrogens is 314 g/mol. The Labute approximate surface area is 148 Å². The van der Waals surface area contributed by atoms with E-state index in [1.54, 1.807) is 0 Å². The molecule has 132 valence electrons. The SMILES string of the molecule is CC(NC(=O)NCCCC(=O)NC1CC1)c1ccc2ccccc2c1. The molecular formula is C20H25N3O2. The molecule has 3 rings (SSSR count). The Morgan fingerprint density at radius 2 is 1.88 bits per heavy atom. The smallest absolute Gasteiger partial charge is 0.315 e. The second-order valence-corrected chi connectivity index (χ2v) is 6.67. The van der Waals surface area contributed by atoms with Crippen LogP contribution in [-0.4, -0.2) is 24.5 Å². The number of hydrogen-bond acceptors (Lipinski definition) is 2. The zero-order valence-electron chi connectivity index (χ0n) is 14.5. The molecule has 25 heavy (non-hydrogen) atoms. The molecule has 1 aliphatic carbocycles. The van der Waals surface area contributed by atoms with Crippen LogP contribution in [0.4, 0.5) is 4.79 Å². The lowest BCUT2D eigenvalue weighted by Crippen LogP contribution is -2.37. The third-order valence-electron chi connectivity index (χ3n) is 4.43. The van der Waals surface area contributed by atoms with Crippen LogP contribution in [0.5, 0.6) is 0 Å². The number of hydrogen-bond donors (Lipinski definition) is 3. The van der Waals surface area contributed by atoms with E-state index in [1.807, 2.05) is 25.1 Å². The van der Waals surface area contributed by atoms with Gasteiger partial charge in [0.05, 0.1) is 6.04 Å². The average molecular weight is 339 g/mol. The van der Waals surface area contributed by atoms with Gasteiger partial charge in [0.15, 0.2) is 0 Å². The summed E-state index contributed by atoms with van der Waals surface area (Å²) in [4.78, 5) is 23.6. The third kappa shape index (κ3) is 5.21. The molecule has 3 amide bonds. The zero-order valence-corrected chi connectivity index (χ0v) is 14.5. The molecule has 2 aromatic carbocycles. The van der Waals surface area contributed by atoms with Crippen molar-refractivity contribution in [3.05, 3.63) is 48.0 Å². The lowest BCUT2D eigenvalue weighted by molar-refractivity contribution is -0.121. The zero-order chi connectivity index (χ0) is 17.6. The fourth-order valence-electron chi connectivity index (χ4n) is 2.79. The second kappa shape index (κ2) is 8.01. The van der Waals surface area contributed by atoms with Crippen molar-refractivity contribution in [2.45, 2.75) is 44.7 Å². The van der Waals surface area contributed by atoms with Gasteiger partial charge in [0.1, 0.15) is 0 Å². The van der Waals surface area contributed by atoms with Crippen molar-refractivity contribution in [1.29, 1.82) is 0 Å². The lowest BCUT2D eigenvalue weighted by atomic mass is 10.0. The van der Waals surface area contributed by atoms with E-state index in [1.165, 1.54) is 5.39 Å². The minimum Gasteiger partial charge on any atom is -0.353 e. The van der Waals surface area contributed by atoms with Gasteiger partial charge in [-0.15, -0.1) is 0 Å². The highest BCUT2D eigenvalue weighted by Crippen LogP contribution is 2.20. The molecule has 0 radical (unpaired) electrons. The molecule has 0 spiro atoms. The molecule has 0 heterocycles. The minimum absolute atomic E-state index is 0.0780. The highest BCUT2D eigenvalue weighted by molar-refractivity contribution is 5.83. The first-order chi connectivity index (χ1) is 12.1. The predicted molar refractivity (Wildman–Crippen MR) is 99.3 cm³/mol. The van der Waals surface area contributed by atoms with Crippen LogP contribution in [0.1, 0.15) is 44.2 Å². The molecule has 0 bridgehead atoms. The van der Waals surface area contributed by atoms with E-state index in [0.717, 1.165) is 23.8 Å². The molecule has 1 saturated carbocycles. The summed E-state index contributed by atoms with van der Waals surface area (Å²) in [6.45, 7) is 2.46. The van der Waals surface area contributed by atoms with E-state index >= 15 is 0 Å². The van der Waals surface area contributed by atoms with Crippen molar-refractivity contribution in [3.63, 3.8) is 0 Å². The van der Waals surface area contributed by atoms with Crippen LogP contribution in [0.2, 0.25) is 0 Å². The first kappa shape index (κ1) is 17.3. The normalized spacial score (nSPS) is 14.8. The number of nitrogens with one attached hydrogen (secondary N) is 3. The van der Waals surface area contributed by atoms with E-state index in [0.29, 0.717) is 25.4 Å². The Morgan fingerprint density at radius 3 is 2.64 bits per heavy atom. The number of fused-ring (bicyclic) bond motifs is 1. The van der Waals surface area contributed by atoms with Crippen molar-refractivity contribution in [2.24, 2.45) is 0 Å². The highest BCUT2D eigenvalue weighted by atomic mass is 16.2. The molecule has 5 heteroatoms. The fourth-order valence-corrected chi connectivity index (χ4v) is 2.79. The number of urea groups is 1. The summed E-state index contributed by atoms with van der Waals surface area (Å²) in [6, 6.07) is 14.5.